The lowest BCUT2D eigenvalue weighted by Crippen LogP contribution is -2.60. The van der Waals surface area contributed by atoms with Crippen LogP contribution in [0, 0.1) is 28.5 Å². The van der Waals surface area contributed by atoms with Crippen LogP contribution in [0.5, 0.6) is 5.75 Å². The molecule has 1 saturated carbocycles. The van der Waals surface area contributed by atoms with Crippen LogP contribution >= 0.6 is 0 Å². The first-order valence-corrected chi connectivity index (χ1v) is 12.6. The number of halogens is 1. The molecular weight excluding hydrogens is 503 g/mol. The molecule has 3 aliphatic rings. The molecule has 202 valence electrons. The summed E-state index contributed by atoms with van der Waals surface area (Å²) in [6.45, 7) is 1.27. The maximum absolute atomic E-state index is 13.1. The molecule has 0 unspecified atom stereocenters. The molecule has 0 bridgehead atoms. The molecule has 1 saturated heterocycles. The van der Waals surface area contributed by atoms with E-state index in [0.717, 1.165) is 11.8 Å². The Morgan fingerprint density at radius 1 is 1.26 bits per heavy atom. The average Bonchev–Trinajstić information content (AvgIpc) is 3.00. The Morgan fingerprint density at radius 2 is 2.00 bits per heavy atom. The number of hydrogen-bond donors (Lipinski definition) is 4. The highest BCUT2D eigenvalue weighted by Crippen LogP contribution is 2.52. The first kappa shape index (κ1) is 26.4. The third-order valence-electron chi connectivity index (χ3n) is 7.15. The lowest BCUT2D eigenvalue weighted by atomic mass is 9.58. The fraction of sp³-hybridized carbons (Fsp3) is 0.345. The fourth-order valence-electron chi connectivity index (χ4n) is 5.08. The lowest BCUT2D eigenvalue weighted by molar-refractivity contribution is -0.219. The third kappa shape index (κ3) is 5.79. The molecule has 2 aromatic carbocycles. The van der Waals surface area contributed by atoms with E-state index in [1.54, 1.807) is 37.4 Å². The smallest absolute Gasteiger partial charge is 0.319 e. The molecule has 0 aromatic heterocycles. The van der Waals surface area contributed by atoms with E-state index >= 15 is 0 Å². The number of urea groups is 1. The van der Waals surface area contributed by atoms with Crippen molar-refractivity contribution in [2.45, 2.75) is 30.9 Å². The van der Waals surface area contributed by atoms with Crippen LogP contribution in [0.15, 0.2) is 54.2 Å². The second-order valence-corrected chi connectivity index (χ2v) is 10.4. The number of benzene rings is 2. The molecule has 1 aliphatic carbocycles. The minimum absolute atomic E-state index is 0.0742. The average molecular weight is 533 g/mol. The number of allylic oxidation sites excluding steroid dienone is 1. The second kappa shape index (κ2) is 10.5. The SMILES string of the molecule is CN1C(=O)[C@@H](NC(=O)N/C=C(\C=N)Cc2ccc(F)cc2)COc2ccc(C#CC3(O)CC4(COC4)C3)cc21. The maximum atomic E-state index is 13.1. The minimum atomic E-state index is -1.03. The molecule has 3 amide bonds. The Morgan fingerprint density at radius 3 is 2.67 bits per heavy atom. The van der Waals surface area contributed by atoms with Gasteiger partial charge in [-0.1, -0.05) is 24.0 Å². The van der Waals surface area contributed by atoms with Crippen LogP contribution in [0.4, 0.5) is 14.9 Å². The summed E-state index contributed by atoms with van der Waals surface area (Å²) >= 11 is 0. The number of carbonyl (C=O) groups is 2. The highest BCUT2D eigenvalue weighted by molar-refractivity contribution is 6.00. The van der Waals surface area contributed by atoms with Gasteiger partial charge in [-0.3, -0.25) is 4.79 Å². The van der Waals surface area contributed by atoms with Gasteiger partial charge in [0.2, 0.25) is 0 Å². The molecule has 5 rings (SSSR count). The van der Waals surface area contributed by atoms with Crippen LogP contribution in [0.25, 0.3) is 0 Å². The Labute approximate surface area is 225 Å². The van der Waals surface area contributed by atoms with Crippen molar-refractivity contribution in [2.24, 2.45) is 5.41 Å². The van der Waals surface area contributed by atoms with Crippen LogP contribution in [0.3, 0.4) is 0 Å². The van der Waals surface area contributed by atoms with Crippen molar-refractivity contribution in [3.8, 4) is 17.6 Å². The first-order valence-electron chi connectivity index (χ1n) is 12.6. The van der Waals surface area contributed by atoms with Gasteiger partial charge in [0, 0.05) is 36.9 Å². The quantitative estimate of drug-likeness (QED) is 0.348. The van der Waals surface area contributed by atoms with Gasteiger partial charge < -0.3 is 35.5 Å². The molecule has 10 heteroatoms. The van der Waals surface area contributed by atoms with Crippen molar-refractivity contribution in [2.75, 3.05) is 31.8 Å². The van der Waals surface area contributed by atoms with Gasteiger partial charge in [-0.15, -0.1) is 0 Å². The Hall–Kier alpha value is -4.20. The van der Waals surface area contributed by atoms with E-state index in [-0.39, 0.29) is 23.7 Å². The van der Waals surface area contributed by atoms with E-state index in [9.17, 15) is 19.1 Å². The molecule has 2 heterocycles. The number of carbonyl (C=O) groups excluding carboxylic acids is 2. The maximum Gasteiger partial charge on any atom is 0.319 e. The van der Waals surface area contributed by atoms with Gasteiger partial charge in [0.05, 0.1) is 18.9 Å². The molecule has 1 atom stereocenters. The number of nitrogens with zero attached hydrogens (tertiary/aromatic N) is 1. The van der Waals surface area contributed by atoms with Gasteiger partial charge in [-0.05, 0) is 54.3 Å². The summed E-state index contributed by atoms with van der Waals surface area (Å²) < 4.78 is 24.2. The van der Waals surface area contributed by atoms with E-state index in [2.05, 4.69) is 22.5 Å². The van der Waals surface area contributed by atoms with Gasteiger partial charge in [-0.25, -0.2) is 9.18 Å². The number of rotatable bonds is 5. The van der Waals surface area contributed by atoms with Gasteiger partial charge in [0.1, 0.15) is 29.8 Å². The van der Waals surface area contributed by atoms with E-state index in [4.69, 9.17) is 14.9 Å². The van der Waals surface area contributed by atoms with Crippen LogP contribution in [-0.2, 0) is 16.0 Å². The van der Waals surface area contributed by atoms with Crippen LogP contribution < -0.4 is 20.3 Å². The van der Waals surface area contributed by atoms with Crippen molar-refractivity contribution in [3.05, 3.63) is 71.2 Å². The molecule has 0 radical (unpaired) electrons. The summed E-state index contributed by atoms with van der Waals surface area (Å²) in [5, 5.41) is 23.4. The Balaban J connectivity index is 1.20. The van der Waals surface area contributed by atoms with E-state index in [0.29, 0.717) is 55.0 Å². The van der Waals surface area contributed by atoms with Gasteiger partial charge >= 0.3 is 6.03 Å². The number of nitrogens with one attached hydrogen (secondary N) is 3. The normalized spacial score (nSPS) is 20.7. The number of aliphatic hydroxyl groups is 1. The van der Waals surface area contributed by atoms with Gasteiger partial charge in [-0.2, -0.15) is 0 Å². The predicted octanol–water partition coefficient (Wildman–Crippen LogP) is 2.52. The van der Waals surface area contributed by atoms with Crippen molar-refractivity contribution in [1.29, 1.82) is 5.41 Å². The van der Waals surface area contributed by atoms with E-state index in [1.807, 2.05) is 0 Å². The molecule has 9 nitrogen and oxygen atoms in total. The number of amides is 3. The highest BCUT2D eigenvalue weighted by Gasteiger charge is 2.57. The molecule has 4 N–H and O–H groups in total. The van der Waals surface area contributed by atoms with Crippen LogP contribution in [-0.4, -0.2) is 61.8 Å². The van der Waals surface area contributed by atoms with Gasteiger partial charge in [0.15, 0.2) is 0 Å². The molecular formula is C29H29FN4O5. The number of likely N-dealkylation sites (N-methyl/N-ethyl adjacent to an activating group) is 1. The summed E-state index contributed by atoms with van der Waals surface area (Å²) in [6, 6.07) is 9.48. The monoisotopic (exact) mass is 532 g/mol. The molecule has 2 aromatic rings. The van der Waals surface area contributed by atoms with Crippen LogP contribution in [0.1, 0.15) is 24.0 Å². The summed E-state index contributed by atoms with van der Waals surface area (Å²) in [5.41, 5.74) is 1.45. The zero-order valence-electron chi connectivity index (χ0n) is 21.4. The predicted molar refractivity (Wildman–Crippen MR) is 142 cm³/mol. The topological polar surface area (TPSA) is 124 Å². The van der Waals surface area contributed by atoms with Crippen molar-refractivity contribution >= 4 is 23.8 Å². The number of hydrogen-bond acceptors (Lipinski definition) is 6. The summed E-state index contributed by atoms with van der Waals surface area (Å²) in [5.74, 6) is 5.73. The Bertz CT molecular complexity index is 1380. The number of fused-ring (bicyclic) bond motifs is 1. The second-order valence-electron chi connectivity index (χ2n) is 10.4. The number of ether oxygens (including phenoxy) is 2. The number of anilines is 1. The van der Waals surface area contributed by atoms with Crippen molar-refractivity contribution in [1.82, 2.24) is 10.6 Å². The fourth-order valence-corrected chi connectivity index (χ4v) is 5.08. The first-order chi connectivity index (χ1) is 18.7. The van der Waals surface area contributed by atoms with E-state index < -0.39 is 17.7 Å². The van der Waals surface area contributed by atoms with Gasteiger partial charge in [0.25, 0.3) is 5.91 Å². The van der Waals surface area contributed by atoms with Crippen LogP contribution in [0.2, 0.25) is 0 Å². The summed E-state index contributed by atoms with van der Waals surface area (Å²) in [7, 11) is 1.59. The van der Waals surface area contributed by atoms with E-state index in [1.165, 1.54) is 23.2 Å². The molecule has 39 heavy (non-hydrogen) atoms. The van der Waals surface area contributed by atoms with Crippen molar-refractivity contribution < 1.29 is 28.6 Å². The van der Waals surface area contributed by atoms with Crippen molar-refractivity contribution in [3.63, 3.8) is 0 Å². The largest absolute Gasteiger partial charge is 0.489 e. The zero-order valence-corrected chi connectivity index (χ0v) is 21.4. The Kier molecular flexibility index (Phi) is 7.12. The molecule has 1 spiro atoms. The molecule has 2 fully saturated rings. The third-order valence-corrected chi connectivity index (χ3v) is 7.15. The molecule has 2 aliphatic heterocycles. The minimum Gasteiger partial charge on any atom is -0.489 e. The standard InChI is InChI=1S/C29H29FN4O5/c1-34-24-11-20(8-9-29(37)15-28(16-29)17-38-18-28)4-7-25(24)39-14-23(26(34)35)33-27(36)32-13-21(12-31)10-19-2-5-22(30)6-3-19/h2-7,11-13,23,31,37H,10,14-18H2,1H3,(H2,32,33,36)/b21-13-,31-12?/t23-/m0/s1. The summed E-state index contributed by atoms with van der Waals surface area (Å²) in [4.78, 5) is 27.1. The zero-order chi connectivity index (χ0) is 27.6. The summed E-state index contributed by atoms with van der Waals surface area (Å²) in [6.07, 6.45) is 3.98. The highest BCUT2D eigenvalue weighted by atomic mass is 19.1. The lowest BCUT2D eigenvalue weighted by Gasteiger charge is -2.55.